The molecule has 0 aromatic heterocycles. The second-order valence-corrected chi connectivity index (χ2v) is 2.74. The van der Waals surface area contributed by atoms with Gasteiger partial charge in [0, 0.05) is 0 Å². The minimum atomic E-state index is 0. The number of hydrogen-bond donors (Lipinski definition) is 1. The lowest BCUT2D eigenvalue weighted by atomic mass is 10.5. The van der Waals surface area contributed by atoms with Crippen LogP contribution >= 0.6 is 0 Å². The van der Waals surface area contributed by atoms with E-state index in [1.54, 1.807) is 0 Å². The quantitative estimate of drug-likeness (QED) is 0.463. The second kappa shape index (κ2) is 29.3. The van der Waals surface area contributed by atoms with Gasteiger partial charge < -0.3 is 54.9 Å². The summed E-state index contributed by atoms with van der Waals surface area (Å²) in [5.41, 5.74) is 0. The predicted molar refractivity (Wildman–Crippen MR) is 51.7 cm³/mol. The van der Waals surface area contributed by atoms with Crippen LogP contribution in [-0.2, 0) is 0 Å². The number of halogens is 1. The van der Waals surface area contributed by atoms with Gasteiger partial charge in [-0.1, -0.05) is 0 Å². The van der Waals surface area contributed by atoms with Gasteiger partial charge in [-0.3, -0.25) is 0 Å². The largest absolute Gasteiger partial charge is 1.00 e. The predicted octanol–water partition coefficient (Wildman–Crippen LogP) is -8.26. The molecule has 0 rings (SSSR count). The van der Waals surface area contributed by atoms with Crippen LogP contribution < -0.4 is 12.4 Å². The van der Waals surface area contributed by atoms with E-state index in [1.165, 1.54) is 0 Å². The van der Waals surface area contributed by atoms with Gasteiger partial charge in [0.2, 0.25) is 0 Å². The van der Waals surface area contributed by atoms with E-state index in [1.807, 2.05) is 0 Å². The zero-order valence-electron chi connectivity index (χ0n) is 8.69. The fourth-order valence-electron chi connectivity index (χ4n) is 0.300. The zero-order chi connectivity index (χ0) is 5.91. The molecule has 0 atom stereocenters. The van der Waals surface area contributed by atoms with Crippen LogP contribution in [0.2, 0.25) is 0 Å². The number of likely N-dealkylation sites (N-methyl/N-ethyl adjacent to an activating group) is 1. The topological polar surface area (TPSA) is 209 Å². The van der Waals surface area contributed by atoms with E-state index in [0.717, 1.165) is 11.0 Å². The number of aliphatic hydroxyl groups is 1. The maximum atomic E-state index is 8.39. The van der Waals surface area contributed by atoms with Crippen LogP contribution in [0.15, 0.2) is 0 Å². The second-order valence-electron chi connectivity index (χ2n) is 2.74. The monoisotopic (exact) mass is 247 g/mol. The Kier molecular flexibility index (Phi) is 138. The van der Waals surface area contributed by atoms with Crippen LogP contribution in [0.4, 0.5) is 0 Å². The van der Waals surface area contributed by atoms with Crippen molar-refractivity contribution < 1.29 is 54.9 Å². The Morgan fingerprint density at radius 1 is 0.786 bits per heavy atom. The van der Waals surface area contributed by atoms with Gasteiger partial charge in [-0.15, -0.1) is 0 Å². The molecular weight excluding hydrogens is 222 g/mol. The fourth-order valence-corrected chi connectivity index (χ4v) is 0.300. The molecule has 0 radical (unpaired) electrons. The third-order valence-electron chi connectivity index (χ3n) is 0.771. The molecule has 0 aliphatic carbocycles. The number of nitrogens with zero attached hydrogens (tertiary/aromatic N) is 1. The van der Waals surface area contributed by atoms with Crippen LogP contribution in [-0.4, -0.2) is 76.7 Å². The lowest BCUT2D eigenvalue weighted by molar-refractivity contribution is -0.870. The highest BCUT2D eigenvalue weighted by Crippen LogP contribution is 1.84. The number of quaternary nitrogens is 1. The van der Waals surface area contributed by atoms with Gasteiger partial charge in [-0.2, -0.15) is 0 Å². The summed E-state index contributed by atoms with van der Waals surface area (Å²) in [4.78, 5) is 0. The molecule has 100 valence electrons. The third-order valence-corrected chi connectivity index (χ3v) is 0.771. The summed E-state index contributed by atoms with van der Waals surface area (Å²) >= 11 is 0. The molecule has 0 amide bonds. The van der Waals surface area contributed by atoms with Crippen LogP contribution in [0, 0.1) is 0 Å². The van der Waals surface area contributed by atoms with Gasteiger partial charge in [0.05, 0.1) is 27.7 Å². The molecule has 0 saturated heterocycles. The summed E-state index contributed by atoms with van der Waals surface area (Å²) in [6.07, 6.45) is 0. The third kappa shape index (κ3) is 91.4. The van der Waals surface area contributed by atoms with Gasteiger partial charge in [0.25, 0.3) is 0 Å². The zero-order valence-corrected chi connectivity index (χ0v) is 9.44. The van der Waals surface area contributed by atoms with E-state index in [9.17, 15) is 0 Å². The molecule has 9 heteroatoms. The Morgan fingerprint density at radius 2 is 1.00 bits per heavy atom. The van der Waals surface area contributed by atoms with Crippen molar-refractivity contribution in [3.05, 3.63) is 0 Å². The Morgan fingerprint density at radius 3 is 1.00 bits per heavy atom. The van der Waals surface area contributed by atoms with Crippen LogP contribution in [0.3, 0.4) is 0 Å². The van der Waals surface area contributed by atoms with Crippen molar-refractivity contribution in [3.63, 3.8) is 0 Å². The molecule has 0 spiro atoms. The maximum absolute atomic E-state index is 8.39. The first-order valence-corrected chi connectivity index (χ1v) is 2.47. The first-order chi connectivity index (χ1) is 3.06. The average molecular weight is 248 g/mol. The maximum Gasteiger partial charge on any atom is 0.101 e. The number of hydrogen-bond acceptors (Lipinski definition) is 1. The molecule has 0 unspecified atom stereocenters. The van der Waals surface area contributed by atoms with E-state index in [-0.39, 0.29) is 51.9 Å². The number of aliphatic hydroxyl groups excluding tert-OH is 1. The highest BCUT2D eigenvalue weighted by Gasteiger charge is 2.02. The fraction of sp³-hybridized carbons (Fsp3) is 1.00. The summed E-state index contributed by atoms with van der Waals surface area (Å²) < 4.78 is 0.844. The van der Waals surface area contributed by atoms with Gasteiger partial charge in [-0.25, -0.2) is 0 Å². The standard InChI is InChI=1S/C5H14NO.ClH.6H2O/c1-6(2,3)4-5-7;;;;;;;/h7H,4-5H2,1-3H3;1H;6*1H2/q+1;;;;;;;/p-1. The molecule has 0 bridgehead atoms. The molecule has 0 aromatic carbocycles. The Bertz CT molecular complexity index is 60.5. The van der Waals surface area contributed by atoms with Gasteiger partial charge in [0.1, 0.15) is 6.54 Å². The van der Waals surface area contributed by atoms with E-state index < -0.39 is 0 Å². The summed E-state index contributed by atoms with van der Waals surface area (Å²) in [6.45, 7) is 1.11. The first kappa shape index (κ1) is 65.9. The first-order valence-electron chi connectivity index (χ1n) is 2.47. The Hall–Kier alpha value is -0.0300. The smallest absolute Gasteiger partial charge is 0.101 e. The molecule has 8 nitrogen and oxygen atoms in total. The van der Waals surface area contributed by atoms with Crippen molar-refractivity contribution >= 4 is 0 Å². The summed E-state index contributed by atoms with van der Waals surface area (Å²) in [5, 5.41) is 8.39. The normalized spacial score (nSPS) is 6.00. The van der Waals surface area contributed by atoms with Crippen molar-refractivity contribution in [1.82, 2.24) is 0 Å². The van der Waals surface area contributed by atoms with E-state index in [2.05, 4.69) is 21.1 Å². The lowest BCUT2D eigenvalue weighted by Gasteiger charge is -2.21. The van der Waals surface area contributed by atoms with Crippen molar-refractivity contribution in [2.45, 2.75) is 0 Å². The summed E-state index contributed by atoms with van der Waals surface area (Å²) in [5.74, 6) is 0. The lowest BCUT2D eigenvalue weighted by Crippen LogP contribution is -3.00. The van der Waals surface area contributed by atoms with Crippen molar-refractivity contribution in [2.24, 2.45) is 0 Å². The molecule has 0 aliphatic rings. The number of rotatable bonds is 2. The summed E-state index contributed by atoms with van der Waals surface area (Å²) in [7, 11) is 6.16. The molecular formula is C5H26ClNO7. The average Bonchev–Trinajstić information content (AvgIpc) is 1.30. The minimum absolute atomic E-state index is 0. The molecule has 0 heterocycles. The van der Waals surface area contributed by atoms with Crippen molar-refractivity contribution in [1.29, 1.82) is 0 Å². The molecule has 0 aliphatic heterocycles. The Labute approximate surface area is 90.0 Å². The highest BCUT2D eigenvalue weighted by molar-refractivity contribution is 4.19. The summed E-state index contributed by atoms with van der Waals surface area (Å²) in [6, 6.07) is 0. The van der Waals surface area contributed by atoms with E-state index in [0.29, 0.717) is 0 Å². The molecule has 14 heavy (non-hydrogen) atoms. The van der Waals surface area contributed by atoms with Crippen LogP contribution in [0.25, 0.3) is 0 Å². The van der Waals surface area contributed by atoms with E-state index >= 15 is 0 Å². The van der Waals surface area contributed by atoms with E-state index in [4.69, 9.17) is 5.11 Å². The Balaban J connectivity index is -0.00000000857. The van der Waals surface area contributed by atoms with Crippen LogP contribution in [0.5, 0.6) is 0 Å². The minimum Gasteiger partial charge on any atom is -1.00 e. The van der Waals surface area contributed by atoms with Gasteiger partial charge in [-0.05, 0) is 0 Å². The molecule has 13 N–H and O–H groups in total. The SMILES string of the molecule is C[N+](C)(C)CCO.O.O.O.O.O.O.[Cl-]. The molecule has 0 aromatic rings. The molecule has 0 saturated carbocycles. The van der Waals surface area contributed by atoms with Gasteiger partial charge >= 0.3 is 0 Å². The van der Waals surface area contributed by atoms with Crippen LogP contribution in [0.1, 0.15) is 0 Å². The molecule has 0 fully saturated rings. The van der Waals surface area contributed by atoms with Crippen molar-refractivity contribution in [3.8, 4) is 0 Å². The van der Waals surface area contributed by atoms with Gasteiger partial charge in [0.15, 0.2) is 0 Å². The highest BCUT2D eigenvalue weighted by atomic mass is 35.5. The van der Waals surface area contributed by atoms with Crippen molar-refractivity contribution in [2.75, 3.05) is 34.3 Å².